The molecule has 0 aliphatic heterocycles. The molecular weight excluding hydrogens is 278 g/mol. The molecule has 0 radical (unpaired) electrons. The van der Waals surface area contributed by atoms with Crippen molar-refractivity contribution in [2.24, 2.45) is 0 Å². The van der Waals surface area contributed by atoms with Crippen LogP contribution in [0.3, 0.4) is 0 Å². The molecule has 1 rings (SSSR count). The summed E-state index contributed by atoms with van der Waals surface area (Å²) in [7, 11) is 0. The van der Waals surface area contributed by atoms with Crippen LogP contribution in [-0.4, -0.2) is 49.3 Å². The van der Waals surface area contributed by atoms with Crippen molar-refractivity contribution in [1.29, 1.82) is 0 Å². The predicted octanol–water partition coefficient (Wildman–Crippen LogP) is 2.91. The first-order valence-corrected chi connectivity index (χ1v) is 8.07. The van der Waals surface area contributed by atoms with Crippen molar-refractivity contribution in [2.75, 3.05) is 32.8 Å². The number of ether oxygens (including phenoxy) is 2. The Bertz CT molecular complexity index is 427. The summed E-state index contributed by atoms with van der Waals surface area (Å²) >= 11 is 0. The van der Waals surface area contributed by atoms with E-state index >= 15 is 0 Å². The summed E-state index contributed by atoms with van der Waals surface area (Å²) in [6, 6.07) is 10.1. The molecule has 0 spiro atoms. The predicted molar refractivity (Wildman–Crippen MR) is 88.9 cm³/mol. The molecule has 4 nitrogen and oxygen atoms in total. The van der Waals surface area contributed by atoms with Crippen LogP contribution in [0.4, 0.5) is 0 Å². The minimum Gasteiger partial charge on any atom is -0.462 e. The SMILES string of the molecule is CCN(CC)CCOC(=O)C(C)(C)OCCc1ccccc1. The molecular formula is C18H29NO3. The molecule has 0 fully saturated rings. The summed E-state index contributed by atoms with van der Waals surface area (Å²) in [5.41, 5.74) is 0.297. The van der Waals surface area contributed by atoms with Gasteiger partial charge in [0.25, 0.3) is 0 Å². The zero-order chi connectivity index (χ0) is 16.4. The molecule has 22 heavy (non-hydrogen) atoms. The maximum absolute atomic E-state index is 12.1. The minimum absolute atomic E-state index is 0.298. The van der Waals surface area contributed by atoms with Gasteiger partial charge in [0.2, 0.25) is 0 Å². The van der Waals surface area contributed by atoms with Gasteiger partial charge in [-0.15, -0.1) is 0 Å². The first-order chi connectivity index (χ1) is 10.5. The van der Waals surface area contributed by atoms with Crippen molar-refractivity contribution in [1.82, 2.24) is 4.90 Å². The fourth-order valence-corrected chi connectivity index (χ4v) is 2.11. The third-order valence-electron chi connectivity index (χ3n) is 3.72. The van der Waals surface area contributed by atoms with Crippen LogP contribution in [-0.2, 0) is 20.7 Å². The zero-order valence-corrected chi connectivity index (χ0v) is 14.3. The number of hydrogen-bond donors (Lipinski definition) is 0. The molecule has 0 heterocycles. The summed E-state index contributed by atoms with van der Waals surface area (Å²) in [5, 5.41) is 0. The smallest absolute Gasteiger partial charge is 0.337 e. The lowest BCUT2D eigenvalue weighted by molar-refractivity contribution is -0.168. The van der Waals surface area contributed by atoms with Crippen LogP contribution in [0.2, 0.25) is 0 Å². The Hall–Kier alpha value is -1.39. The van der Waals surface area contributed by atoms with Crippen molar-refractivity contribution >= 4 is 5.97 Å². The number of carbonyl (C=O) groups excluding carboxylic acids is 1. The van der Waals surface area contributed by atoms with Gasteiger partial charge in [0.05, 0.1) is 6.61 Å². The molecule has 4 heteroatoms. The Balaban J connectivity index is 2.30. The summed E-state index contributed by atoms with van der Waals surface area (Å²) in [4.78, 5) is 14.3. The second-order valence-electron chi connectivity index (χ2n) is 5.76. The highest BCUT2D eigenvalue weighted by atomic mass is 16.6. The van der Waals surface area contributed by atoms with Gasteiger partial charge < -0.3 is 14.4 Å². The van der Waals surface area contributed by atoms with Gasteiger partial charge in [0.15, 0.2) is 5.60 Å². The molecule has 0 aromatic heterocycles. The van der Waals surface area contributed by atoms with E-state index in [4.69, 9.17) is 9.47 Å². The Morgan fingerprint density at radius 3 is 2.32 bits per heavy atom. The quantitative estimate of drug-likeness (QED) is 0.623. The lowest BCUT2D eigenvalue weighted by Gasteiger charge is -2.24. The van der Waals surface area contributed by atoms with Crippen LogP contribution >= 0.6 is 0 Å². The lowest BCUT2D eigenvalue weighted by Crippen LogP contribution is -2.39. The van der Waals surface area contributed by atoms with Crippen LogP contribution in [0.25, 0.3) is 0 Å². The van der Waals surface area contributed by atoms with Gasteiger partial charge in [-0.3, -0.25) is 0 Å². The van der Waals surface area contributed by atoms with E-state index in [9.17, 15) is 4.79 Å². The molecule has 1 aromatic rings. The van der Waals surface area contributed by atoms with Crippen LogP contribution < -0.4 is 0 Å². The highest BCUT2D eigenvalue weighted by Gasteiger charge is 2.30. The summed E-state index contributed by atoms with van der Waals surface area (Å²) < 4.78 is 11.1. The van der Waals surface area contributed by atoms with E-state index in [0.29, 0.717) is 13.2 Å². The van der Waals surface area contributed by atoms with E-state index in [-0.39, 0.29) is 5.97 Å². The molecule has 0 aliphatic carbocycles. The number of benzene rings is 1. The van der Waals surface area contributed by atoms with Gasteiger partial charge >= 0.3 is 5.97 Å². The van der Waals surface area contributed by atoms with Crippen LogP contribution in [0.15, 0.2) is 30.3 Å². The number of hydrogen-bond acceptors (Lipinski definition) is 4. The van der Waals surface area contributed by atoms with Crippen molar-refractivity contribution in [3.63, 3.8) is 0 Å². The summed E-state index contributed by atoms with van der Waals surface area (Å²) in [6.45, 7) is 11.3. The number of carbonyl (C=O) groups is 1. The first-order valence-electron chi connectivity index (χ1n) is 8.07. The standard InChI is InChI=1S/C18H29NO3/c1-5-19(6-2)13-15-21-17(20)18(3,4)22-14-12-16-10-8-7-9-11-16/h7-11H,5-6,12-15H2,1-4H3. The van der Waals surface area contributed by atoms with E-state index in [1.165, 1.54) is 5.56 Å². The fraction of sp³-hybridized carbons (Fsp3) is 0.611. The van der Waals surface area contributed by atoms with Crippen molar-refractivity contribution < 1.29 is 14.3 Å². The highest BCUT2D eigenvalue weighted by Crippen LogP contribution is 2.13. The highest BCUT2D eigenvalue weighted by molar-refractivity contribution is 5.78. The number of nitrogens with zero attached hydrogens (tertiary/aromatic N) is 1. The van der Waals surface area contributed by atoms with Crippen LogP contribution in [0.1, 0.15) is 33.3 Å². The monoisotopic (exact) mass is 307 g/mol. The number of likely N-dealkylation sites (N-methyl/N-ethyl adjacent to an activating group) is 1. The van der Waals surface area contributed by atoms with E-state index in [1.54, 1.807) is 13.8 Å². The molecule has 0 atom stereocenters. The topological polar surface area (TPSA) is 38.8 Å². The lowest BCUT2D eigenvalue weighted by atomic mass is 10.1. The maximum atomic E-state index is 12.1. The molecule has 0 unspecified atom stereocenters. The largest absolute Gasteiger partial charge is 0.462 e. The normalized spacial score (nSPS) is 11.7. The third kappa shape index (κ3) is 6.58. The van der Waals surface area contributed by atoms with Crippen molar-refractivity contribution in [3.8, 4) is 0 Å². The maximum Gasteiger partial charge on any atom is 0.337 e. The average Bonchev–Trinajstić information content (AvgIpc) is 2.52. The third-order valence-corrected chi connectivity index (χ3v) is 3.72. The molecule has 0 bridgehead atoms. The fourth-order valence-electron chi connectivity index (χ4n) is 2.11. The van der Waals surface area contributed by atoms with Crippen molar-refractivity contribution in [3.05, 3.63) is 35.9 Å². The second kappa shape index (κ2) is 9.59. The minimum atomic E-state index is -0.905. The summed E-state index contributed by atoms with van der Waals surface area (Å²) in [5.74, 6) is -0.298. The van der Waals surface area contributed by atoms with Gasteiger partial charge in [-0.25, -0.2) is 4.79 Å². The van der Waals surface area contributed by atoms with Crippen LogP contribution in [0, 0.1) is 0 Å². The number of rotatable bonds is 10. The van der Waals surface area contributed by atoms with E-state index < -0.39 is 5.60 Å². The van der Waals surface area contributed by atoms with E-state index in [2.05, 4.69) is 30.9 Å². The molecule has 124 valence electrons. The molecule has 1 aromatic carbocycles. The van der Waals surface area contributed by atoms with Gasteiger partial charge in [0.1, 0.15) is 6.61 Å². The average molecular weight is 307 g/mol. The first kappa shape index (κ1) is 18.7. The van der Waals surface area contributed by atoms with Gasteiger partial charge in [-0.1, -0.05) is 44.2 Å². The number of esters is 1. The molecule has 0 aliphatic rings. The van der Waals surface area contributed by atoms with Gasteiger partial charge in [-0.05, 0) is 38.9 Å². The Labute approximate surface area is 134 Å². The van der Waals surface area contributed by atoms with E-state index in [0.717, 1.165) is 26.1 Å². The summed E-state index contributed by atoms with van der Waals surface area (Å²) in [6.07, 6.45) is 0.789. The Morgan fingerprint density at radius 1 is 1.09 bits per heavy atom. The second-order valence-corrected chi connectivity index (χ2v) is 5.76. The molecule has 0 saturated carbocycles. The van der Waals surface area contributed by atoms with Crippen molar-refractivity contribution in [2.45, 2.75) is 39.7 Å². The molecule has 0 saturated heterocycles. The Kier molecular flexibility index (Phi) is 8.13. The Morgan fingerprint density at radius 2 is 1.73 bits per heavy atom. The van der Waals surface area contributed by atoms with E-state index in [1.807, 2.05) is 18.2 Å². The van der Waals surface area contributed by atoms with Crippen LogP contribution in [0.5, 0.6) is 0 Å². The molecule has 0 N–H and O–H groups in total. The molecule has 0 amide bonds. The van der Waals surface area contributed by atoms with Gasteiger partial charge in [0, 0.05) is 6.54 Å². The zero-order valence-electron chi connectivity index (χ0n) is 14.3. The van der Waals surface area contributed by atoms with Gasteiger partial charge in [-0.2, -0.15) is 0 Å².